The average molecular weight is 257 g/mol. The second-order valence-corrected chi connectivity index (χ2v) is 7.51. The van der Waals surface area contributed by atoms with E-state index in [4.69, 9.17) is 4.74 Å². The van der Waals surface area contributed by atoms with Crippen LogP contribution in [0.1, 0.15) is 38.5 Å². The molecule has 3 fully saturated rings. The second-order valence-electron chi connectivity index (χ2n) is 5.97. The van der Waals surface area contributed by atoms with Gasteiger partial charge in [0.05, 0.1) is 11.7 Å². The van der Waals surface area contributed by atoms with E-state index in [-0.39, 0.29) is 11.7 Å². The van der Waals surface area contributed by atoms with Crippen molar-refractivity contribution in [2.45, 2.75) is 50.2 Å². The zero-order valence-corrected chi connectivity index (χ0v) is 11.3. The molecular formula is C13H23NO2S. The van der Waals surface area contributed by atoms with Crippen LogP contribution in [0, 0.1) is 5.92 Å². The molecule has 4 heteroatoms. The third kappa shape index (κ3) is 2.74. The Kier molecular flexibility index (Phi) is 3.55. The number of rotatable bonds is 4. The molecule has 1 spiro atoms. The van der Waals surface area contributed by atoms with Crippen LogP contribution in [0.2, 0.25) is 0 Å². The van der Waals surface area contributed by atoms with E-state index in [1.54, 1.807) is 0 Å². The second kappa shape index (κ2) is 4.98. The molecule has 0 radical (unpaired) electrons. The summed E-state index contributed by atoms with van der Waals surface area (Å²) in [7, 11) is -0.670. The Balaban J connectivity index is 1.44. The van der Waals surface area contributed by atoms with Crippen LogP contribution in [-0.2, 0) is 15.5 Å². The summed E-state index contributed by atoms with van der Waals surface area (Å²) in [4.78, 5) is 0. The lowest BCUT2D eigenvalue weighted by atomic mass is 9.98. The Labute approximate surface area is 106 Å². The van der Waals surface area contributed by atoms with Crippen molar-refractivity contribution in [3.8, 4) is 0 Å². The van der Waals surface area contributed by atoms with E-state index in [1.807, 2.05) is 0 Å². The van der Waals surface area contributed by atoms with Gasteiger partial charge >= 0.3 is 0 Å². The van der Waals surface area contributed by atoms with E-state index in [1.165, 1.54) is 32.1 Å². The molecule has 1 saturated carbocycles. The van der Waals surface area contributed by atoms with Crippen molar-refractivity contribution in [3.05, 3.63) is 0 Å². The number of ether oxygens (including phenoxy) is 1. The summed E-state index contributed by atoms with van der Waals surface area (Å²) in [6.07, 6.45) is 7.74. The van der Waals surface area contributed by atoms with E-state index >= 15 is 0 Å². The lowest BCUT2D eigenvalue weighted by Crippen LogP contribution is -2.45. The fourth-order valence-corrected chi connectivity index (χ4v) is 4.95. The fraction of sp³-hybridized carbons (Fsp3) is 1.00. The van der Waals surface area contributed by atoms with E-state index in [9.17, 15) is 4.21 Å². The van der Waals surface area contributed by atoms with Crippen LogP contribution in [0.15, 0.2) is 0 Å². The Bertz CT molecular complexity index is 298. The Morgan fingerprint density at radius 1 is 1.18 bits per heavy atom. The van der Waals surface area contributed by atoms with Gasteiger partial charge in [0, 0.05) is 35.4 Å². The van der Waals surface area contributed by atoms with Gasteiger partial charge in [-0.2, -0.15) is 0 Å². The average Bonchev–Trinajstić information content (AvgIpc) is 2.84. The number of nitrogens with one attached hydrogen (secondary N) is 1. The van der Waals surface area contributed by atoms with Crippen molar-refractivity contribution in [1.29, 1.82) is 0 Å². The normalized spacial score (nSPS) is 34.0. The summed E-state index contributed by atoms with van der Waals surface area (Å²) in [5.74, 6) is 2.30. The molecule has 2 unspecified atom stereocenters. The van der Waals surface area contributed by atoms with Crippen molar-refractivity contribution in [1.82, 2.24) is 5.32 Å². The van der Waals surface area contributed by atoms with Gasteiger partial charge in [0.1, 0.15) is 0 Å². The van der Waals surface area contributed by atoms with Gasteiger partial charge in [0.25, 0.3) is 0 Å². The van der Waals surface area contributed by atoms with E-state index < -0.39 is 10.8 Å². The SMILES string of the molecule is O=S(CC1CNC1)CC1CCC2(CCCC2)O1. The summed E-state index contributed by atoms with van der Waals surface area (Å²) in [5.41, 5.74) is 0.201. The number of hydrogen-bond acceptors (Lipinski definition) is 3. The lowest BCUT2D eigenvalue weighted by molar-refractivity contribution is -0.0270. The van der Waals surface area contributed by atoms with Gasteiger partial charge < -0.3 is 10.1 Å². The summed E-state index contributed by atoms with van der Waals surface area (Å²) < 4.78 is 18.2. The zero-order valence-electron chi connectivity index (χ0n) is 10.5. The first-order valence-corrected chi connectivity index (χ1v) is 8.48. The van der Waals surface area contributed by atoms with Crippen LogP contribution in [0.5, 0.6) is 0 Å². The van der Waals surface area contributed by atoms with Crippen molar-refractivity contribution in [2.24, 2.45) is 5.92 Å². The first kappa shape index (κ1) is 12.1. The van der Waals surface area contributed by atoms with Crippen molar-refractivity contribution in [2.75, 3.05) is 24.6 Å². The van der Waals surface area contributed by atoms with Crippen LogP contribution in [0.4, 0.5) is 0 Å². The molecule has 0 bridgehead atoms. The maximum Gasteiger partial charge on any atom is 0.0698 e. The molecule has 3 rings (SSSR count). The zero-order chi connectivity index (χ0) is 11.7. The minimum absolute atomic E-state index is 0.201. The molecule has 2 heterocycles. The maximum absolute atomic E-state index is 12.0. The first-order valence-electron chi connectivity index (χ1n) is 6.99. The maximum atomic E-state index is 12.0. The molecule has 2 saturated heterocycles. The largest absolute Gasteiger partial charge is 0.371 e. The molecule has 98 valence electrons. The van der Waals surface area contributed by atoms with E-state index in [0.717, 1.165) is 31.0 Å². The van der Waals surface area contributed by atoms with Crippen LogP contribution < -0.4 is 5.32 Å². The molecule has 0 amide bonds. The van der Waals surface area contributed by atoms with Crippen molar-refractivity contribution in [3.63, 3.8) is 0 Å². The molecule has 0 aromatic rings. The fourth-order valence-electron chi connectivity index (χ4n) is 3.40. The predicted molar refractivity (Wildman–Crippen MR) is 69.5 cm³/mol. The molecule has 17 heavy (non-hydrogen) atoms. The smallest absolute Gasteiger partial charge is 0.0698 e. The number of hydrogen-bond donors (Lipinski definition) is 1. The molecule has 2 aliphatic heterocycles. The van der Waals surface area contributed by atoms with Gasteiger partial charge in [0.15, 0.2) is 0 Å². The third-order valence-corrected chi connectivity index (χ3v) is 6.10. The van der Waals surface area contributed by atoms with Gasteiger partial charge in [0.2, 0.25) is 0 Å². The minimum Gasteiger partial charge on any atom is -0.371 e. The van der Waals surface area contributed by atoms with Gasteiger partial charge in [-0.3, -0.25) is 4.21 Å². The minimum atomic E-state index is -0.670. The Morgan fingerprint density at radius 2 is 1.94 bits per heavy atom. The Hall–Kier alpha value is 0.0700. The van der Waals surface area contributed by atoms with Crippen LogP contribution >= 0.6 is 0 Å². The molecule has 2 atom stereocenters. The molecule has 3 nitrogen and oxygen atoms in total. The highest BCUT2D eigenvalue weighted by molar-refractivity contribution is 7.85. The summed E-state index contributed by atoms with van der Waals surface area (Å²) in [6.45, 7) is 2.11. The third-order valence-electron chi connectivity index (χ3n) is 4.51. The monoisotopic (exact) mass is 257 g/mol. The molecule has 0 aromatic carbocycles. The predicted octanol–water partition coefficient (Wildman–Crippen LogP) is 1.45. The molecule has 1 aliphatic carbocycles. The highest BCUT2D eigenvalue weighted by atomic mass is 32.2. The topological polar surface area (TPSA) is 38.3 Å². The van der Waals surface area contributed by atoms with Crippen LogP contribution in [0.3, 0.4) is 0 Å². The van der Waals surface area contributed by atoms with Gasteiger partial charge in [-0.15, -0.1) is 0 Å². The summed E-state index contributed by atoms with van der Waals surface area (Å²) in [5, 5.41) is 3.23. The molecule has 3 aliphatic rings. The standard InChI is InChI=1S/C13H23NO2S/c15-17(9-11-7-14-8-11)10-12-3-6-13(16-12)4-1-2-5-13/h11-12,14H,1-10H2. The molecule has 1 N–H and O–H groups in total. The van der Waals surface area contributed by atoms with Crippen LogP contribution in [-0.4, -0.2) is 40.5 Å². The van der Waals surface area contributed by atoms with Gasteiger partial charge in [-0.25, -0.2) is 0 Å². The Morgan fingerprint density at radius 3 is 2.59 bits per heavy atom. The quantitative estimate of drug-likeness (QED) is 0.828. The lowest BCUT2D eigenvalue weighted by Gasteiger charge is -2.27. The van der Waals surface area contributed by atoms with Crippen LogP contribution in [0.25, 0.3) is 0 Å². The van der Waals surface area contributed by atoms with E-state index in [2.05, 4.69) is 5.32 Å². The van der Waals surface area contributed by atoms with Gasteiger partial charge in [-0.1, -0.05) is 12.8 Å². The molecule has 0 aromatic heterocycles. The first-order chi connectivity index (χ1) is 8.26. The van der Waals surface area contributed by atoms with Crippen molar-refractivity contribution < 1.29 is 8.95 Å². The van der Waals surface area contributed by atoms with Crippen molar-refractivity contribution >= 4 is 10.8 Å². The highest BCUT2D eigenvalue weighted by Gasteiger charge is 2.42. The summed E-state index contributed by atoms with van der Waals surface area (Å²) >= 11 is 0. The summed E-state index contributed by atoms with van der Waals surface area (Å²) in [6, 6.07) is 0. The van der Waals surface area contributed by atoms with E-state index in [0.29, 0.717) is 5.92 Å². The van der Waals surface area contributed by atoms with Gasteiger partial charge in [-0.05, 0) is 31.6 Å². The highest BCUT2D eigenvalue weighted by Crippen LogP contribution is 2.43. The molecular weight excluding hydrogens is 234 g/mol.